The molecule has 0 spiro atoms. The van der Waals surface area contributed by atoms with Gasteiger partial charge in [0.05, 0.1) is 11.3 Å². The number of carbonyl (C=O) groups is 2. The van der Waals surface area contributed by atoms with Crippen molar-refractivity contribution in [2.45, 2.75) is 25.4 Å². The number of nitro groups is 1. The fraction of sp³-hybridized carbons (Fsp3) is 0.200. The van der Waals surface area contributed by atoms with Crippen LogP contribution in [0, 0.1) is 10.1 Å². The van der Waals surface area contributed by atoms with Gasteiger partial charge in [-0.3, -0.25) is 19.7 Å². The zero-order valence-corrected chi connectivity index (χ0v) is 18.9. The van der Waals surface area contributed by atoms with Crippen LogP contribution in [0.3, 0.4) is 0 Å². The predicted octanol–water partition coefficient (Wildman–Crippen LogP) is 4.18. The van der Waals surface area contributed by atoms with Gasteiger partial charge in [-0.15, -0.1) is 0 Å². The Hall–Kier alpha value is -3.71. The molecule has 3 aromatic rings. The average molecular weight is 466 g/mol. The minimum atomic E-state index is -0.802. The Labute approximate surface area is 197 Å². The standard InChI is InChI=1S/C25H24ClN3O4/c1-27-25(31)23(15-18-7-3-2-4-8-18)28(17-19-11-13-21(26)14-12-19)24(30)16-20-9-5-6-10-22(20)29(32)33/h2-14,23H,15-17H2,1H3,(H,27,31)/t23-/m1/s1. The van der Waals surface area contributed by atoms with Crippen LogP contribution in [-0.2, 0) is 29.0 Å². The second-order valence-corrected chi connectivity index (χ2v) is 7.97. The smallest absolute Gasteiger partial charge is 0.273 e. The lowest BCUT2D eigenvalue weighted by atomic mass is 10.0. The topological polar surface area (TPSA) is 92.6 Å². The van der Waals surface area contributed by atoms with Crippen molar-refractivity contribution in [2.24, 2.45) is 0 Å². The summed E-state index contributed by atoms with van der Waals surface area (Å²) in [6.07, 6.45) is 0.101. The first kappa shape index (κ1) is 23.9. The van der Waals surface area contributed by atoms with Crippen LogP contribution in [0.15, 0.2) is 78.9 Å². The molecular formula is C25H24ClN3O4. The lowest BCUT2D eigenvalue weighted by Gasteiger charge is -2.31. The van der Waals surface area contributed by atoms with Gasteiger partial charge in [-0.25, -0.2) is 0 Å². The lowest BCUT2D eigenvalue weighted by molar-refractivity contribution is -0.385. The molecule has 0 aliphatic rings. The lowest BCUT2D eigenvalue weighted by Crippen LogP contribution is -2.50. The molecular weight excluding hydrogens is 442 g/mol. The van der Waals surface area contributed by atoms with E-state index < -0.39 is 11.0 Å². The van der Waals surface area contributed by atoms with Crippen molar-refractivity contribution < 1.29 is 14.5 Å². The molecule has 0 aliphatic carbocycles. The number of para-hydroxylation sites is 1. The molecule has 3 rings (SSSR count). The van der Waals surface area contributed by atoms with Crippen molar-refractivity contribution in [2.75, 3.05) is 7.05 Å². The summed E-state index contributed by atoms with van der Waals surface area (Å²) in [7, 11) is 1.52. The molecule has 0 unspecified atom stereocenters. The van der Waals surface area contributed by atoms with Crippen LogP contribution < -0.4 is 5.32 Å². The summed E-state index contributed by atoms with van der Waals surface area (Å²) in [4.78, 5) is 38.8. The van der Waals surface area contributed by atoms with Gasteiger partial charge in [-0.1, -0.05) is 72.3 Å². The fourth-order valence-electron chi connectivity index (χ4n) is 3.61. The van der Waals surface area contributed by atoms with Crippen LogP contribution in [0.25, 0.3) is 0 Å². The first-order valence-corrected chi connectivity index (χ1v) is 10.8. The molecule has 1 N–H and O–H groups in total. The van der Waals surface area contributed by atoms with Crippen LogP contribution in [0.1, 0.15) is 16.7 Å². The number of halogens is 1. The van der Waals surface area contributed by atoms with Gasteiger partial charge >= 0.3 is 0 Å². The predicted molar refractivity (Wildman–Crippen MR) is 127 cm³/mol. The molecule has 8 heteroatoms. The highest BCUT2D eigenvalue weighted by atomic mass is 35.5. The highest BCUT2D eigenvalue weighted by molar-refractivity contribution is 6.30. The second kappa shape index (κ2) is 11.2. The molecule has 0 fully saturated rings. The largest absolute Gasteiger partial charge is 0.357 e. The van der Waals surface area contributed by atoms with Gasteiger partial charge in [0.25, 0.3) is 5.69 Å². The van der Waals surface area contributed by atoms with E-state index >= 15 is 0 Å². The Bertz CT molecular complexity index is 1120. The average Bonchev–Trinajstić information content (AvgIpc) is 2.82. The van der Waals surface area contributed by atoms with Crippen molar-refractivity contribution in [3.05, 3.63) is 111 Å². The Balaban J connectivity index is 1.97. The summed E-state index contributed by atoms with van der Waals surface area (Å²) in [5.41, 5.74) is 1.85. The first-order chi connectivity index (χ1) is 15.9. The number of nitro benzene ring substituents is 1. The molecule has 7 nitrogen and oxygen atoms in total. The molecule has 0 bridgehead atoms. The van der Waals surface area contributed by atoms with Gasteiger partial charge < -0.3 is 10.2 Å². The summed E-state index contributed by atoms with van der Waals surface area (Å²) >= 11 is 6.00. The van der Waals surface area contributed by atoms with Crippen LogP contribution in [0.2, 0.25) is 5.02 Å². The van der Waals surface area contributed by atoms with E-state index in [0.29, 0.717) is 17.0 Å². The molecule has 0 radical (unpaired) electrons. The van der Waals surface area contributed by atoms with Crippen molar-refractivity contribution in [3.63, 3.8) is 0 Å². The zero-order valence-electron chi connectivity index (χ0n) is 18.1. The molecule has 3 aromatic carbocycles. The van der Waals surface area contributed by atoms with Crippen molar-refractivity contribution >= 4 is 29.1 Å². The zero-order chi connectivity index (χ0) is 23.8. The Kier molecular flexibility index (Phi) is 8.16. The number of nitrogens with zero attached hydrogens (tertiary/aromatic N) is 2. The number of hydrogen-bond donors (Lipinski definition) is 1. The van der Waals surface area contributed by atoms with E-state index in [1.807, 2.05) is 30.3 Å². The van der Waals surface area contributed by atoms with Gasteiger partial charge in [0, 0.05) is 36.7 Å². The van der Waals surface area contributed by atoms with Crippen LogP contribution in [-0.4, -0.2) is 34.7 Å². The third kappa shape index (κ3) is 6.40. The Morgan fingerprint density at radius 1 is 0.970 bits per heavy atom. The van der Waals surface area contributed by atoms with E-state index in [9.17, 15) is 19.7 Å². The monoisotopic (exact) mass is 465 g/mol. The van der Waals surface area contributed by atoms with Gasteiger partial charge in [0.1, 0.15) is 6.04 Å². The maximum absolute atomic E-state index is 13.5. The van der Waals surface area contributed by atoms with Crippen LogP contribution in [0.5, 0.6) is 0 Å². The van der Waals surface area contributed by atoms with Gasteiger partial charge in [-0.05, 0) is 23.3 Å². The number of rotatable bonds is 9. The first-order valence-electron chi connectivity index (χ1n) is 10.4. The van der Waals surface area contributed by atoms with E-state index in [1.165, 1.54) is 18.0 Å². The highest BCUT2D eigenvalue weighted by Crippen LogP contribution is 2.22. The van der Waals surface area contributed by atoms with E-state index in [1.54, 1.807) is 42.5 Å². The minimum absolute atomic E-state index is 0.128. The molecule has 2 amide bonds. The van der Waals surface area contributed by atoms with E-state index in [2.05, 4.69) is 5.32 Å². The SMILES string of the molecule is CNC(=O)[C@@H](Cc1ccccc1)N(Cc1ccc(Cl)cc1)C(=O)Cc1ccccc1[N+](=O)[O-]. The van der Waals surface area contributed by atoms with Crippen molar-refractivity contribution in [1.29, 1.82) is 0 Å². The number of nitrogens with one attached hydrogen (secondary N) is 1. The molecule has 1 atom stereocenters. The molecule has 0 aliphatic heterocycles. The third-order valence-electron chi connectivity index (χ3n) is 5.31. The van der Waals surface area contributed by atoms with Crippen LogP contribution in [0.4, 0.5) is 5.69 Å². The number of benzene rings is 3. The molecule has 33 heavy (non-hydrogen) atoms. The number of amides is 2. The molecule has 170 valence electrons. The Morgan fingerprint density at radius 3 is 2.24 bits per heavy atom. The van der Waals surface area contributed by atoms with Gasteiger partial charge in [0.15, 0.2) is 0 Å². The summed E-state index contributed by atoms with van der Waals surface area (Å²) in [6.45, 7) is 0.154. The maximum Gasteiger partial charge on any atom is 0.273 e. The van der Waals surface area contributed by atoms with Crippen molar-refractivity contribution in [1.82, 2.24) is 10.2 Å². The van der Waals surface area contributed by atoms with Crippen molar-refractivity contribution in [3.8, 4) is 0 Å². The highest BCUT2D eigenvalue weighted by Gasteiger charge is 2.31. The number of likely N-dealkylation sites (N-methyl/N-ethyl adjacent to an activating group) is 1. The number of carbonyl (C=O) groups excluding carboxylic acids is 2. The molecule has 0 saturated heterocycles. The van der Waals surface area contributed by atoms with Gasteiger partial charge in [0.2, 0.25) is 11.8 Å². The minimum Gasteiger partial charge on any atom is -0.357 e. The Morgan fingerprint density at radius 2 is 1.61 bits per heavy atom. The van der Waals surface area contributed by atoms with Gasteiger partial charge in [-0.2, -0.15) is 0 Å². The fourth-order valence-corrected chi connectivity index (χ4v) is 3.74. The second-order valence-electron chi connectivity index (χ2n) is 7.53. The number of hydrogen-bond acceptors (Lipinski definition) is 4. The van der Waals surface area contributed by atoms with Crippen LogP contribution >= 0.6 is 11.6 Å². The third-order valence-corrected chi connectivity index (χ3v) is 5.57. The molecule has 0 saturated carbocycles. The summed E-state index contributed by atoms with van der Waals surface area (Å²) in [5.74, 6) is -0.701. The molecule has 0 heterocycles. The summed E-state index contributed by atoms with van der Waals surface area (Å²) in [6, 6.07) is 21.7. The summed E-state index contributed by atoms with van der Waals surface area (Å²) < 4.78 is 0. The summed E-state index contributed by atoms with van der Waals surface area (Å²) in [5, 5.41) is 14.6. The van der Waals surface area contributed by atoms with E-state index in [0.717, 1.165) is 11.1 Å². The normalized spacial score (nSPS) is 11.5. The quantitative estimate of drug-likeness (QED) is 0.379. The molecule has 0 aromatic heterocycles. The van der Waals surface area contributed by atoms with E-state index in [-0.39, 0.29) is 30.5 Å². The van der Waals surface area contributed by atoms with E-state index in [4.69, 9.17) is 11.6 Å². The maximum atomic E-state index is 13.5.